The number of benzene rings is 1. The Labute approximate surface area is 124 Å². The maximum atomic E-state index is 11.8. The summed E-state index contributed by atoms with van der Waals surface area (Å²) < 4.78 is 0. The van der Waals surface area contributed by atoms with Crippen molar-refractivity contribution in [2.45, 2.75) is 38.3 Å². The SMILES string of the molecule is CC(=O)N1CCCCC1C(O)c1ccnc2ccccc12. The third kappa shape index (κ3) is 2.63. The molecule has 1 aromatic carbocycles. The number of rotatable bonds is 2. The van der Waals surface area contributed by atoms with Crippen LogP contribution in [0.3, 0.4) is 0 Å². The maximum Gasteiger partial charge on any atom is 0.219 e. The number of carbonyl (C=O) groups excluding carboxylic acids is 1. The summed E-state index contributed by atoms with van der Waals surface area (Å²) in [5, 5.41) is 11.8. The van der Waals surface area contributed by atoms with Gasteiger partial charge in [0.1, 0.15) is 6.10 Å². The highest BCUT2D eigenvalue weighted by Crippen LogP contribution is 2.32. The Bertz CT molecular complexity index is 651. The van der Waals surface area contributed by atoms with E-state index in [9.17, 15) is 9.90 Å². The third-order valence-electron chi connectivity index (χ3n) is 4.32. The fraction of sp³-hybridized carbons (Fsp3) is 0.412. The molecule has 1 aromatic heterocycles. The number of hydrogen-bond donors (Lipinski definition) is 1. The van der Waals surface area contributed by atoms with E-state index in [4.69, 9.17) is 0 Å². The largest absolute Gasteiger partial charge is 0.386 e. The Balaban J connectivity index is 1.99. The maximum absolute atomic E-state index is 11.8. The topological polar surface area (TPSA) is 53.4 Å². The van der Waals surface area contributed by atoms with Crippen molar-refractivity contribution < 1.29 is 9.90 Å². The van der Waals surface area contributed by atoms with Crippen molar-refractivity contribution in [3.63, 3.8) is 0 Å². The van der Waals surface area contributed by atoms with Crippen LogP contribution in [-0.2, 0) is 4.79 Å². The van der Waals surface area contributed by atoms with E-state index < -0.39 is 6.10 Å². The molecule has 2 heterocycles. The lowest BCUT2D eigenvalue weighted by molar-refractivity contribution is -0.135. The van der Waals surface area contributed by atoms with Crippen LogP contribution in [0.2, 0.25) is 0 Å². The molecule has 0 radical (unpaired) electrons. The summed E-state index contributed by atoms with van der Waals surface area (Å²) >= 11 is 0. The van der Waals surface area contributed by atoms with E-state index in [0.717, 1.165) is 42.3 Å². The fourth-order valence-corrected chi connectivity index (χ4v) is 3.26. The van der Waals surface area contributed by atoms with Gasteiger partial charge in [0.15, 0.2) is 0 Å². The van der Waals surface area contributed by atoms with E-state index in [1.54, 1.807) is 13.1 Å². The van der Waals surface area contributed by atoms with Gasteiger partial charge in [-0.2, -0.15) is 0 Å². The van der Waals surface area contributed by atoms with Gasteiger partial charge in [0.2, 0.25) is 5.91 Å². The highest BCUT2D eigenvalue weighted by atomic mass is 16.3. The van der Waals surface area contributed by atoms with Gasteiger partial charge < -0.3 is 10.0 Å². The molecule has 0 saturated carbocycles. The summed E-state index contributed by atoms with van der Waals surface area (Å²) in [6.45, 7) is 2.32. The molecule has 0 aliphatic carbocycles. The minimum absolute atomic E-state index is 0.0390. The van der Waals surface area contributed by atoms with Gasteiger partial charge in [-0.1, -0.05) is 18.2 Å². The molecular formula is C17H20N2O2. The zero-order valence-corrected chi connectivity index (χ0v) is 12.2. The van der Waals surface area contributed by atoms with Crippen molar-refractivity contribution in [1.29, 1.82) is 0 Å². The Morgan fingerprint density at radius 3 is 2.95 bits per heavy atom. The molecule has 1 fully saturated rings. The van der Waals surface area contributed by atoms with Crippen LogP contribution in [0.15, 0.2) is 36.5 Å². The van der Waals surface area contributed by atoms with Crippen molar-refractivity contribution in [2.75, 3.05) is 6.54 Å². The number of pyridine rings is 1. The average molecular weight is 284 g/mol. The molecule has 4 nitrogen and oxygen atoms in total. The molecule has 1 amide bonds. The zero-order valence-electron chi connectivity index (χ0n) is 12.2. The second-order valence-corrected chi connectivity index (χ2v) is 5.64. The number of para-hydroxylation sites is 1. The molecule has 3 rings (SSSR count). The molecule has 4 heteroatoms. The Hall–Kier alpha value is -1.94. The monoisotopic (exact) mass is 284 g/mol. The van der Waals surface area contributed by atoms with E-state index in [1.807, 2.05) is 35.2 Å². The van der Waals surface area contributed by atoms with Gasteiger partial charge in [0.25, 0.3) is 0 Å². The van der Waals surface area contributed by atoms with Crippen LogP contribution in [0.4, 0.5) is 0 Å². The van der Waals surface area contributed by atoms with E-state index in [2.05, 4.69) is 4.98 Å². The number of amides is 1. The minimum Gasteiger partial charge on any atom is -0.386 e. The predicted molar refractivity (Wildman–Crippen MR) is 81.7 cm³/mol. The van der Waals surface area contributed by atoms with Crippen molar-refractivity contribution in [2.24, 2.45) is 0 Å². The molecule has 0 spiro atoms. The molecule has 2 unspecified atom stereocenters. The van der Waals surface area contributed by atoms with Crippen LogP contribution < -0.4 is 0 Å². The predicted octanol–water partition coefficient (Wildman–Crippen LogP) is 2.67. The van der Waals surface area contributed by atoms with Crippen molar-refractivity contribution >= 4 is 16.8 Å². The van der Waals surface area contributed by atoms with Gasteiger partial charge in [-0.3, -0.25) is 9.78 Å². The number of carbonyl (C=O) groups is 1. The first-order valence-corrected chi connectivity index (χ1v) is 7.47. The number of aliphatic hydroxyl groups is 1. The molecular weight excluding hydrogens is 264 g/mol. The van der Waals surface area contributed by atoms with Crippen LogP contribution in [-0.4, -0.2) is 33.5 Å². The molecule has 1 N–H and O–H groups in total. The molecule has 2 atom stereocenters. The standard InChI is InChI=1S/C17H20N2O2/c1-12(20)19-11-5-4-8-16(19)17(21)14-9-10-18-15-7-3-2-6-13(14)15/h2-3,6-7,9-10,16-17,21H,4-5,8,11H2,1H3. The van der Waals surface area contributed by atoms with Gasteiger partial charge in [-0.25, -0.2) is 0 Å². The van der Waals surface area contributed by atoms with Crippen molar-refractivity contribution in [3.05, 3.63) is 42.1 Å². The highest BCUT2D eigenvalue weighted by Gasteiger charge is 2.31. The Kier molecular flexibility index (Phi) is 3.88. The number of piperidine rings is 1. The van der Waals surface area contributed by atoms with Crippen LogP contribution in [0.5, 0.6) is 0 Å². The van der Waals surface area contributed by atoms with Crippen molar-refractivity contribution in [1.82, 2.24) is 9.88 Å². The normalized spacial score (nSPS) is 20.5. The lowest BCUT2D eigenvalue weighted by Gasteiger charge is -2.38. The van der Waals surface area contributed by atoms with Gasteiger partial charge in [0.05, 0.1) is 11.6 Å². The van der Waals surface area contributed by atoms with Crippen LogP contribution >= 0.6 is 0 Å². The average Bonchev–Trinajstić information content (AvgIpc) is 2.53. The summed E-state index contributed by atoms with van der Waals surface area (Å²) in [6.07, 6.45) is 3.97. The molecule has 2 aromatic rings. The molecule has 1 saturated heterocycles. The van der Waals surface area contributed by atoms with Crippen LogP contribution in [0, 0.1) is 0 Å². The van der Waals surface area contributed by atoms with Crippen molar-refractivity contribution in [3.8, 4) is 0 Å². The third-order valence-corrected chi connectivity index (χ3v) is 4.32. The number of hydrogen-bond acceptors (Lipinski definition) is 3. The first kappa shape index (κ1) is 14.0. The molecule has 0 bridgehead atoms. The Morgan fingerprint density at radius 2 is 2.14 bits per heavy atom. The summed E-state index contributed by atoms with van der Waals surface area (Å²) in [4.78, 5) is 18.0. The minimum atomic E-state index is -0.665. The second-order valence-electron chi connectivity index (χ2n) is 5.64. The Morgan fingerprint density at radius 1 is 1.33 bits per heavy atom. The van der Waals surface area contributed by atoms with E-state index in [-0.39, 0.29) is 11.9 Å². The lowest BCUT2D eigenvalue weighted by Crippen LogP contribution is -2.45. The summed E-state index contributed by atoms with van der Waals surface area (Å²) in [5.41, 5.74) is 1.73. The number of nitrogens with zero attached hydrogens (tertiary/aromatic N) is 2. The molecule has 21 heavy (non-hydrogen) atoms. The van der Waals surface area contributed by atoms with E-state index in [1.165, 1.54) is 0 Å². The van der Waals surface area contributed by atoms with Crippen LogP contribution in [0.1, 0.15) is 37.9 Å². The van der Waals surface area contributed by atoms with Gasteiger partial charge >= 0.3 is 0 Å². The van der Waals surface area contributed by atoms with Gasteiger partial charge in [0, 0.05) is 25.1 Å². The van der Waals surface area contributed by atoms with E-state index >= 15 is 0 Å². The number of fused-ring (bicyclic) bond motifs is 1. The lowest BCUT2D eigenvalue weighted by atomic mass is 9.91. The first-order valence-electron chi connectivity index (χ1n) is 7.47. The highest BCUT2D eigenvalue weighted by molar-refractivity contribution is 5.82. The second kappa shape index (κ2) is 5.82. The smallest absolute Gasteiger partial charge is 0.219 e. The molecule has 1 aliphatic rings. The van der Waals surface area contributed by atoms with Crippen LogP contribution in [0.25, 0.3) is 10.9 Å². The number of aromatic nitrogens is 1. The van der Waals surface area contributed by atoms with E-state index in [0.29, 0.717) is 0 Å². The summed E-state index contributed by atoms with van der Waals surface area (Å²) in [5.74, 6) is 0.0390. The molecule has 1 aliphatic heterocycles. The number of likely N-dealkylation sites (tertiary alicyclic amines) is 1. The van der Waals surface area contributed by atoms with Gasteiger partial charge in [-0.05, 0) is 37.0 Å². The number of aliphatic hydroxyl groups excluding tert-OH is 1. The molecule has 110 valence electrons. The fourth-order valence-electron chi connectivity index (χ4n) is 3.26. The first-order chi connectivity index (χ1) is 10.2. The van der Waals surface area contributed by atoms with Gasteiger partial charge in [-0.15, -0.1) is 0 Å². The summed E-state index contributed by atoms with van der Waals surface area (Å²) in [6, 6.07) is 9.52. The quantitative estimate of drug-likeness (QED) is 0.922. The summed E-state index contributed by atoms with van der Waals surface area (Å²) in [7, 11) is 0. The zero-order chi connectivity index (χ0) is 14.8.